The Kier molecular flexibility index (Phi) is 4.47. The topological polar surface area (TPSA) is 65.1 Å². The molecule has 32 heavy (non-hydrogen) atoms. The van der Waals surface area contributed by atoms with Gasteiger partial charge in [0.15, 0.2) is 5.82 Å². The van der Waals surface area contributed by atoms with Gasteiger partial charge in [-0.05, 0) is 30.9 Å². The molecule has 2 saturated heterocycles. The minimum Gasteiger partial charge on any atom is -0.341 e. The number of hydrogen-bond donors (Lipinski definition) is 1. The smallest absolute Gasteiger partial charge is 0.233 e. The summed E-state index contributed by atoms with van der Waals surface area (Å²) in [6.45, 7) is 6.37. The van der Waals surface area contributed by atoms with Crippen molar-refractivity contribution in [3.05, 3.63) is 83.4 Å². The minimum absolute atomic E-state index is 0.0336. The summed E-state index contributed by atoms with van der Waals surface area (Å²) in [5.74, 6) is 2.30. The lowest BCUT2D eigenvalue weighted by atomic mass is 9.70. The fourth-order valence-corrected chi connectivity index (χ4v) is 5.89. The number of aryl methyl sites for hydroxylation is 1. The van der Waals surface area contributed by atoms with E-state index in [0.29, 0.717) is 5.91 Å². The van der Waals surface area contributed by atoms with E-state index in [1.807, 2.05) is 25.1 Å². The molecular weight excluding hydrogens is 398 g/mol. The quantitative estimate of drug-likeness (QED) is 0.679. The number of aromatic amines is 1. The van der Waals surface area contributed by atoms with Gasteiger partial charge in [-0.3, -0.25) is 14.8 Å². The average Bonchev–Trinajstić information content (AvgIpc) is 3.36. The number of amides is 1. The maximum atomic E-state index is 13.5. The van der Waals surface area contributed by atoms with Gasteiger partial charge >= 0.3 is 0 Å². The standard InChI is InChI=1S/C26H29N5O/c1-19-27-23(29-28-19)22-15-30(14-20-8-4-2-5-9-20)16-25(22)17-31(18-25)24(32)26(12-13-26)21-10-6-3-7-11-21/h2-11,22H,12-18H2,1H3,(H,27,28,29). The zero-order valence-electron chi connectivity index (χ0n) is 18.5. The van der Waals surface area contributed by atoms with E-state index in [4.69, 9.17) is 4.98 Å². The first-order valence-corrected chi connectivity index (χ1v) is 11.6. The lowest BCUT2D eigenvalue weighted by molar-refractivity contribution is -0.146. The molecule has 2 aromatic carbocycles. The van der Waals surface area contributed by atoms with Crippen LogP contribution in [0.1, 0.15) is 41.5 Å². The SMILES string of the molecule is Cc1nc(C2CN(Cc3ccccc3)CC23CN(C(=O)C2(c4ccccc4)CC2)C3)n[nH]1. The van der Waals surface area contributed by atoms with E-state index in [1.165, 1.54) is 11.1 Å². The first kappa shape index (κ1) is 19.7. The first-order chi connectivity index (χ1) is 15.6. The van der Waals surface area contributed by atoms with Crippen LogP contribution < -0.4 is 0 Å². The summed E-state index contributed by atoms with van der Waals surface area (Å²) in [4.78, 5) is 22.8. The van der Waals surface area contributed by atoms with Crippen LogP contribution in [0.2, 0.25) is 0 Å². The van der Waals surface area contributed by atoms with Gasteiger partial charge in [-0.25, -0.2) is 4.98 Å². The van der Waals surface area contributed by atoms with Gasteiger partial charge < -0.3 is 4.90 Å². The molecule has 2 aliphatic heterocycles. The van der Waals surface area contributed by atoms with Gasteiger partial charge in [0.05, 0.1) is 5.41 Å². The Bertz CT molecular complexity index is 1120. The van der Waals surface area contributed by atoms with Crippen molar-refractivity contribution in [2.24, 2.45) is 5.41 Å². The third-order valence-electron chi connectivity index (χ3n) is 7.68. The molecule has 3 fully saturated rings. The molecule has 1 spiro atoms. The number of H-pyrrole nitrogens is 1. The number of likely N-dealkylation sites (tertiary alicyclic amines) is 2. The Morgan fingerprint density at radius 1 is 1.03 bits per heavy atom. The predicted octanol–water partition coefficient (Wildman–Crippen LogP) is 3.27. The van der Waals surface area contributed by atoms with Crippen molar-refractivity contribution in [3.8, 4) is 0 Å². The fraction of sp³-hybridized carbons (Fsp3) is 0.423. The highest BCUT2D eigenvalue weighted by Crippen LogP contribution is 2.54. The molecular formula is C26H29N5O. The van der Waals surface area contributed by atoms with E-state index < -0.39 is 0 Å². The zero-order chi connectivity index (χ0) is 21.8. The number of hydrogen-bond acceptors (Lipinski definition) is 4. The van der Waals surface area contributed by atoms with Gasteiger partial charge in [0.25, 0.3) is 0 Å². The van der Waals surface area contributed by atoms with E-state index in [9.17, 15) is 4.79 Å². The van der Waals surface area contributed by atoms with Gasteiger partial charge in [-0.1, -0.05) is 60.7 Å². The second kappa shape index (κ2) is 7.27. The number of rotatable bonds is 5. The monoisotopic (exact) mass is 427 g/mol. The first-order valence-electron chi connectivity index (χ1n) is 11.6. The van der Waals surface area contributed by atoms with E-state index in [1.54, 1.807) is 0 Å². The van der Waals surface area contributed by atoms with E-state index >= 15 is 0 Å². The lowest BCUT2D eigenvalue weighted by Gasteiger charge is -2.51. The summed E-state index contributed by atoms with van der Waals surface area (Å²) in [5.41, 5.74) is 2.24. The number of nitrogens with zero attached hydrogens (tertiary/aromatic N) is 4. The molecule has 1 aromatic heterocycles. The van der Waals surface area contributed by atoms with Gasteiger partial charge in [-0.15, -0.1) is 0 Å². The summed E-state index contributed by atoms with van der Waals surface area (Å²) >= 11 is 0. The Balaban J connectivity index is 1.22. The molecule has 1 saturated carbocycles. The molecule has 3 aromatic rings. The molecule has 1 amide bonds. The Hall–Kier alpha value is -2.99. The molecule has 1 aliphatic carbocycles. The van der Waals surface area contributed by atoms with Crippen molar-refractivity contribution < 1.29 is 4.79 Å². The van der Waals surface area contributed by atoms with Crippen LogP contribution in [0.25, 0.3) is 0 Å². The van der Waals surface area contributed by atoms with Gasteiger partial charge in [-0.2, -0.15) is 5.10 Å². The van der Waals surface area contributed by atoms with E-state index in [2.05, 4.69) is 62.5 Å². The number of carbonyl (C=O) groups is 1. The third kappa shape index (κ3) is 3.16. The number of aromatic nitrogens is 3. The Labute approximate surface area is 188 Å². The summed E-state index contributed by atoms with van der Waals surface area (Å²) in [6, 6.07) is 20.9. The van der Waals surface area contributed by atoms with Crippen molar-refractivity contribution in [2.45, 2.75) is 37.6 Å². The van der Waals surface area contributed by atoms with Crippen LogP contribution in [0.15, 0.2) is 60.7 Å². The number of benzene rings is 2. The van der Waals surface area contributed by atoms with Crippen LogP contribution in [0, 0.1) is 12.3 Å². The predicted molar refractivity (Wildman–Crippen MR) is 122 cm³/mol. The van der Waals surface area contributed by atoms with Gasteiger partial charge in [0.2, 0.25) is 5.91 Å². The molecule has 3 heterocycles. The third-order valence-corrected chi connectivity index (χ3v) is 7.68. The molecule has 6 heteroatoms. The molecule has 3 aliphatic rings. The van der Waals surface area contributed by atoms with Crippen molar-refractivity contribution in [1.29, 1.82) is 0 Å². The van der Waals surface area contributed by atoms with Crippen LogP contribution in [-0.4, -0.2) is 57.1 Å². The van der Waals surface area contributed by atoms with Crippen molar-refractivity contribution >= 4 is 5.91 Å². The highest BCUT2D eigenvalue weighted by Gasteiger charge is 2.61. The van der Waals surface area contributed by atoms with Crippen LogP contribution in [0.4, 0.5) is 0 Å². The Morgan fingerprint density at radius 2 is 1.72 bits per heavy atom. The molecule has 164 valence electrons. The molecule has 0 bridgehead atoms. The van der Waals surface area contributed by atoms with Gasteiger partial charge in [0.1, 0.15) is 5.82 Å². The molecule has 1 atom stereocenters. The summed E-state index contributed by atoms with van der Waals surface area (Å²) in [6.07, 6.45) is 1.92. The maximum Gasteiger partial charge on any atom is 0.233 e. The normalized spacial score (nSPS) is 23.3. The molecule has 1 N–H and O–H groups in total. The molecule has 6 rings (SSSR count). The van der Waals surface area contributed by atoms with E-state index in [0.717, 1.165) is 57.2 Å². The van der Waals surface area contributed by atoms with Crippen LogP contribution >= 0.6 is 0 Å². The van der Waals surface area contributed by atoms with Crippen LogP contribution in [0.5, 0.6) is 0 Å². The van der Waals surface area contributed by atoms with Crippen molar-refractivity contribution in [2.75, 3.05) is 26.2 Å². The van der Waals surface area contributed by atoms with E-state index in [-0.39, 0.29) is 16.7 Å². The number of nitrogens with one attached hydrogen (secondary N) is 1. The van der Waals surface area contributed by atoms with Gasteiger partial charge in [0, 0.05) is 44.1 Å². The van der Waals surface area contributed by atoms with Crippen molar-refractivity contribution in [3.63, 3.8) is 0 Å². The average molecular weight is 428 g/mol. The summed E-state index contributed by atoms with van der Waals surface area (Å²) in [7, 11) is 0. The second-order valence-corrected chi connectivity index (χ2v) is 9.96. The molecule has 6 nitrogen and oxygen atoms in total. The fourth-order valence-electron chi connectivity index (χ4n) is 5.89. The lowest BCUT2D eigenvalue weighted by Crippen LogP contribution is -2.63. The molecule has 1 unspecified atom stereocenters. The zero-order valence-corrected chi connectivity index (χ0v) is 18.5. The van der Waals surface area contributed by atoms with Crippen molar-refractivity contribution in [1.82, 2.24) is 25.0 Å². The minimum atomic E-state index is -0.290. The largest absolute Gasteiger partial charge is 0.341 e. The second-order valence-electron chi connectivity index (χ2n) is 9.96. The maximum absolute atomic E-state index is 13.5. The molecule has 0 radical (unpaired) electrons. The number of carbonyl (C=O) groups excluding carboxylic acids is 1. The van der Waals surface area contributed by atoms with Crippen LogP contribution in [0.3, 0.4) is 0 Å². The highest BCUT2D eigenvalue weighted by molar-refractivity contribution is 5.92. The Morgan fingerprint density at radius 3 is 2.34 bits per heavy atom. The summed E-state index contributed by atoms with van der Waals surface area (Å²) in [5, 5.41) is 7.55. The summed E-state index contributed by atoms with van der Waals surface area (Å²) < 4.78 is 0. The highest BCUT2D eigenvalue weighted by atomic mass is 16.2. The van der Waals surface area contributed by atoms with Crippen LogP contribution in [-0.2, 0) is 16.8 Å².